The molecule has 18 heavy (non-hydrogen) atoms. The molecule has 0 fully saturated rings. The van der Waals surface area contributed by atoms with Crippen LogP contribution in [0.2, 0.25) is 0 Å². The molecular formula is C11H7F3N2OS. The molecule has 0 aliphatic carbocycles. The molecule has 1 heterocycles. The van der Waals surface area contributed by atoms with Crippen molar-refractivity contribution in [1.82, 2.24) is 9.97 Å². The summed E-state index contributed by atoms with van der Waals surface area (Å²) in [4.78, 5) is 6.35. The van der Waals surface area contributed by atoms with Gasteiger partial charge in [0.15, 0.2) is 27.8 Å². The highest BCUT2D eigenvalue weighted by Crippen LogP contribution is 2.31. The van der Waals surface area contributed by atoms with Crippen molar-refractivity contribution in [2.45, 2.75) is 0 Å². The van der Waals surface area contributed by atoms with E-state index in [2.05, 4.69) is 9.97 Å². The predicted octanol–water partition coefficient (Wildman–Crippen LogP) is 3.23. The zero-order valence-electron chi connectivity index (χ0n) is 9.13. The summed E-state index contributed by atoms with van der Waals surface area (Å²) in [6.07, 6.45) is 1.22. The van der Waals surface area contributed by atoms with Gasteiger partial charge in [0, 0.05) is 5.56 Å². The van der Waals surface area contributed by atoms with Crippen LogP contribution in [0.15, 0.2) is 18.5 Å². The Labute approximate surface area is 105 Å². The molecule has 0 radical (unpaired) electrons. The van der Waals surface area contributed by atoms with Crippen molar-refractivity contribution in [3.63, 3.8) is 0 Å². The van der Waals surface area contributed by atoms with E-state index in [1.807, 2.05) is 0 Å². The van der Waals surface area contributed by atoms with E-state index in [4.69, 9.17) is 17.0 Å². The summed E-state index contributed by atoms with van der Waals surface area (Å²) in [6, 6.07) is 1.92. The first kappa shape index (κ1) is 12.6. The van der Waals surface area contributed by atoms with Crippen LogP contribution in [0.5, 0.6) is 5.75 Å². The largest absolute Gasteiger partial charge is 0.491 e. The highest BCUT2D eigenvalue weighted by molar-refractivity contribution is 7.71. The molecule has 2 rings (SSSR count). The second kappa shape index (κ2) is 4.77. The van der Waals surface area contributed by atoms with Crippen LogP contribution in [0.4, 0.5) is 13.2 Å². The highest BCUT2D eigenvalue weighted by atomic mass is 32.1. The summed E-state index contributed by atoms with van der Waals surface area (Å²) < 4.78 is 44.7. The standard InChI is InChI=1S/C11H7F3N2OS/c1-17-10-9(15-4-16-11(10)18)5-2-3-6(12)8(14)7(5)13/h2-4H,1H3,(H,15,16,18). The van der Waals surface area contributed by atoms with Crippen LogP contribution >= 0.6 is 12.2 Å². The summed E-state index contributed by atoms with van der Waals surface area (Å²) in [5.41, 5.74) is -0.0758. The molecule has 1 aromatic carbocycles. The van der Waals surface area contributed by atoms with Crippen LogP contribution in [-0.4, -0.2) is 17.1 Å². The fraction of sp³-hybridized carbons (Fsp3) is 0.0909. The number of H-pyrrole nitrogens is 1. The molecule has 1 aromatic heterocycles. The van der Waals surface area contributed by atoms with Gasteiger partial charge in [-0.25, -0.2) is 18.2 Å². The number of ether oxygens (including phenoxy) is 1. The minimum absolute atomic E-state index is 0.0929. The second-order valence-electron chi connectivity index (χ2n) is 3.34. The van der Waals surface area contributed by atoms with Gasteiger partial charge in [0.2, 0.25) is 0 Å². The molecule has 0 aliphatic heterocycles. The van der Waals surface area contributed by atoms with Crippen LogP contribution in [0.1, 0.15) is 0 Å². The van der Waals surface area contributed by atoms with E-state index in [1.165, 1.54) is 13.4 Å². The van der Waals surface area contributed by atoms with Gasteiger partial charge in [0.25, 0.3) is 0 Å². The Morgan fingerprint density at radius 1 is 1.22 bits per heavy atom. The number of rotatable bonds is 2. The number of halogens is 3. The molecule has 0 bridgehead atoms. The Hall–Kier alpha value is -1.89. The smallest absolute Gasteiger partial charge is 0.195 e. The average Bonchev–Trinajstić information content (AvgIpc) is 2.36. The van der Waals surface area contributed by atoms with Crippen molar-refractivity contribution >= 4 is 12.2 Å². The van der Waals surface area contributed by atoms with Gasteiger partial charge in [-0.15, -0.1) is 0 Å². The minimum Gasteiger partial charge on any atom is -0.491 e. The number of aromatic amines is 1. The number of hydrogen-bond acceptors (Lipinski definition) is 3. The first-order chi connectivity index (χ1) is 8.56. The van der Waals surface area contributed by atoms with Crippen LogP contribution < -0.4 is 4.74 Å². The Morgan fingerprint density at radius 3 is 2.61 bits per heavy atom. The van der Waals surface area contributed by atoms with Crippen LogP contribution in [0.3, 0.4) is 0 Å². The third kappa shape index (κ3) is 1.97. The maximum atomic E-state index is 13.7. The third-order valence-corrected chi connectivity index (χ3v) is 2.61. The molecule has 3 nitrogen and oxygen atoms in total. The summed E-state index contributed by atoms with van der Waals surface area (Å²) in [5.74, 6) is -4.03. The van der Waals surface area contributed by atoms with Crippen LogP contribution in [0, 0.1) is 22.1 Å². The van der Waals surface area contributed by atoms with E-state index in [1.54, 1.807) is 0 Å². The minimum atomic E-state index is -1.55. The van der Waals surface area contributed by atoms with Gasteiger partial charge in [0.05, 0.1) is 19.1 Å². The van der Waals surface area contributed by atoms with Crippen molar-refractivity contribution in [3.8, 4) is 17.0 Å². The summed E-state index contributed by atoms with van der Waals surface area (Å²) in [7, 11) is 1.32. The fourth-order valence-electron chi connectivity index (χ4n) is 1.49. The normalized spacial score (nSPS) is 10.4. The first-order valence-corrected chi connectivity index (χ1v) is 5.22. The summed E-state index contributed by atoms with van der Waals surface area (Å²) in [6.45, 7) is 0. The lowest BCUT2D eigenvalue weighted by atomic mass is 10.1. The van der Waals surface area contributed by atoms with Gasteiger partial charge in [-0.3, -0.25) is 0 Å². The lowest BCUT2D eigenvalue weighted by molar-refractivity contribution is 0.409. The monoisotopic (exact) mass is 272 g/mol. The zero-order valence-corrected chi connectivity index (χ0v) is 9.95. The number of aromatic nitrogens is 2. The molecule has 0 saturated heterocycles. The fourth-order valence-corrected chi connectivity index (χ4v) is 1.73. The highest BCUT2D eigenvalue weighted by Gasteiger charge is 2.18. The number of benzene rings is 1. The van der Waals surface area contributed by atoms with E-state index in [9.17, 15) is 13.2 Å². The molecule has 0 atom stereocenters. The number of hydrogen-bond donors (Lipinski definition) is 1. The molecule has 2 aromatic rings. The van der Waals surface area contributed by atoms with E-state index < -0.39 is 17.5 Å². The first-order valence-electron chi connectivity index (χ1n) is 4.81. The number of methoxy groups -OCH3 is 1. The molecule has 0 amide bonds. The third-order valence-electron chi connectivity index (χ3n) is 2.32. The van der Waals surface area contributed by atoms with Crippen molar-refractivity contribution in [2.24, 2.45) is 0 Å². The van der Waals surface area contributed by atoms with E-state index in [-0.39, 0.29) is 21.6 Å². The Morgan fingerprint density at radius 2 is 1.94 bits per heavy atom. The second-order valence-corrected chi connectivity index (χ2v) is 3.73. The van der Waals surface area contributed by atoms with Gasteiger partial charge in [-0.2, -0.15) is 0 Å². The maximum absolute atomic E-state index is 13.7. The molecule has 94 valence electrons. The molecule has 0 unspecified atom stereocenters. The zero-order chi connectivity index (χ0) is 13.3. The van der Waals surface area contributed by atoms with Crippen molar-refractivity contribution in [3.05, 3.63) is 40.6 Å². The Kier molecular flexibility index (Phi) is 3.33. The molecule has 0 aliphatic rings. The molecular weight excluding hydrogens is 265 g/mol. The molecule has 0 spiro atoms. The molecule has 0 saturated carbocycles. The number of nitrogens with one attached hydrogen (secondary N) is 1. The van der Waals surface area contributed by atoms with Crippen molar-refractivity contribution in [1.29, 1.82) is 0 Å². The van der Waals surface area contributed by atoms with Gasteiger partial charge < -0.3 is 9.72 Å². The predicted molar refractivity (Wildman–Crippen MR) is 61.3 cm³/mol. The SMILES string of the molecule is COc1c(-c2ccc(F)c(F)c2F)[nH]cnc1=S. The molecule has 7 heteroatoms. The van der Waals surface area contributed by atoms with Gasteiger partial charge >= 0.3 is 0 Å². The Bertz CT molecular complexity index is 657. The van der Waals surface area contributed by atoms with E-state index in [0.29, 0.717) is 0 Å². The van der Waals surface area contributed by atoms with E-state index >= 15 is 0 Å². The van der Waals surface area contributed by atoms with Gasteiger partial charge in [-0.1, -0.05) is 12.2 Å². The molecule has 1 N–H and O–H groups in total. The van der Waals surface area contributed by atoms with Crippen LogP contribution in [0.25, 0.3) is 11.3 Å². The summed E-state index contributed by atoms with van der Waals surface area (Å²) >= 11 is 4.89. The van der Waals surface area contributed by atoms with Gasteiger partial charge in [0.1, 0.15) is 0 Å². The van der Waals surface area contributed by atoms with Crippen molar-refractivity contribution in [2.75, 3.05) is 7.11 Å². The lowest BCUT2D eigenvalue weighted by Crippen LogP contribution is -1.99. The number of nitrogens with zero attached hydrogens (tertiary/aromatic N) is 1. The Balaban J connectivity index is 2.74. The van der Waals surface area contributed by atoms with Crippen LogP contribution in [-0.2, 0) is 0 Å². The quantitative estimate of drug-likeness (QED) is 0.673. The average molecular weight is 272 g/mol. The summed E-state index contributed by atoms with van der Waals surface area (Å²) in [5, 5.41) is 0. The van der Waals surface area contributed by atoms with Gasteiger partial charge in [-0.05, 0) is 12.1 Å². The topological polar surface area (TPSA) is 37.9 Å². The maximum Gasteiger partial charge on any atom is 0.195 e. The van der Waals surface area contributed by atoms with E-state index in [0.717, 1.165) is 12.1 Å². The lowest BCUT2D eigenvalue weighted by Gasteiger charge is -2.09. The van der Waals surface area contributed by atoms with Crippen molar-refractivity contribution < 1.29 is 17.9 Å².